The van der Waals surface area contributed by atoms with Crippen LogP contribution in [0.4, 0.5) is 11.4 Å². The number of aromatic hydroxyl groups is 2. The van der Waals surface area contributed by atoms with Crippen molar-refractivity contribution in [3.05, 3.63) is 12.1 Å². The number of phenols is 2. The van der Waals surface area contributed by atoms with Crippen molar-refractivity contribution in [1.82, 2.24) is 0 Å². The first-order valence-corrected chi connectivity index (χ1v) is 5.00. The minimum absolute atomic E-state index is 0.0496. The first kappa shape index (κ1) is 12.2. The van der Waals surface area contributed by atoms with E-state index in [0.717, 1.165) is 11.4 Å². The maximum atomic E-state index is 9.58. The molecule has 0 aromatic heterocycles. The highest BCUT2D eigenvalue weighted by Crippen LogP contribution is 2.38. The molecule has 2 N–H and O–H groups in total. The molecule has 0 radical (unpaired) electrons. The molecule has 1 aromatic rings. The number of phenolic OH excluding ortho intramolecular Hbond substituents is 2. The highest BCUT2D eigenvalue weighted by Gasteiger charge is 2.07. The fourth-order valence-electron chi connectivity index (χ4n) is 1.22. The van der Waals surface area contributed by atoms with Gasteiger partial charge in [-0.05, 0) is 33.8 Å². The lowest BCUT2D eigenvalue weighted by atomic mass is 10.2. The van der Waals surface area contributed by atoms with E-state index in [0.29, 0.717) is 11.4 Å². The fourth-order valence-corrected chi connectivity index (χ4v) is 1.22. The van der Waals surface area contributed by atoms with Gasteiger partial charge in [0, 0.05) is 17.5 Å². The Morgan fingerprint density at radius 1 is 0.812 bits per heavy atom. The van der Waals surface area contributed by atoms with Gasteiger partial charge in [0.05, 0.1) is 0 Å². The summed E-state index contributed by atoms with van der Waals surface area (Å²) in [4.78, 5) is 8.31. The molecule has 1 aromatic carbocycles. The molecule has 0 aliphatic heterocycles. The minimum atomic E-state index is -0.0496. The van der Waals surface area contributed by atoms with Crippen LogP contribution in [0.5, 0.6) is 11.5 Å². The first-order valence-electron chi connectivity index (χ1n) is 5.00. The molecule has 16 heavy (non-hydrogen) atoms. The first-order chi connectivity index (χ1) is 7.40. The standard InChI is InChI=1S/C12H16N2O2/c1-7(2)13-9-5-10(14-8(3)4)12(16)6-11(9)15/h5-6,15-16H,1-4H3. The number of aliphatic imine (C=N–C) groups is 2. The van der Waals surface area contributed by atoms with Crippen molar-refractivity contribution >= 4 is 22.8 Å². The van der Waals surface area contributed by atoms with Crippen LogP contribution in [0, 0.1) is 0 Å². The van der Waals surface area contributed by atoms with Gasteiger partial charge in [0.25, 0.3) is 0 Å². The second-order valence-corrected chi connectivity index (χ2v) is 3.95. The van der Waals surface area contributed by atoms with Gasteiger partial charge in [-0.1, -0.05) is 0 Å². The van der Waals surface area contributed by atoms with E-state index in [1.165, 1.54) is 6.07 Å². The molecule has 0 bridgehead atoms. The monoisotopic (exact) mass is 220 g/mol. The molecule has 0 heterocycles. The lowest BCUT2D eigenvalue weighted by Crippen LogP contribution is -1.82. The van der Waals surface area contributed by atoms with Crippen LogP contribution >= 0.6 is 0 Å². The van der Waals surface area contributed by atoms with Gasteiger partial charge in [-0.2, -0.15) is 0 Å². The summed E-state index contributed by atoms with van der Waals surface area (Å²) in [6.07, 6.45) is 0. The van der Waals surface area contributed by atoms with Crippen LogP contribution in [-0.2, 0) is 0 Å². The fraction of sp³-hybridized carbons (Fsp3) is 0.333. The van der Waals surface area contributed by atoms with E-state index in [1.807, 2.05) is 27.7 Å². The number of hydrogen-bond acceptors (Lipinski definition) is 4. The van der Waals surface area contributed by atoms with Crippen molar-refractivity contribution in [2.45, 2.75) is 27.7 Å². The van der Waals surface area contributed by atoms with E-state index < -0.39 is 0 Å². The summed E-state index contributed by atoms with van der Waals surface area (Å²) in [5.74, 6) is -0.0992. The van der Waals surface area contributed by atoms with E-state index in [9.17, 15) is 10.2 Å². The molecule has 0 aliphatic carbocycles. The summed E-state index contributed by atoms with van der Waals surface area (Å²) in [5.41, 5.74) is 2.48. The van der Waals surface area contributed by atoms with Gasteiger partial charge in [-0.15, -0.1) is 0 Å². The van der Waals surface area contributed by atoms with Gasteiger partial charge in [0.2, 0.25) is 0 Å². The SMILES string of the molecule is CC(C)=Nc1cc(N=C(C)C)c(O)cc1O. The third-order valence-corrected chi connectivity index (χ3v) is 1.76. The molecule has 0 amide bonds. The summed E-state index contributed by atoms with van der Waals surface area (Å²) in [6, 6.07) is 2.81. The second kappa shape index (κ2) is 4.79. The lowest BCUT2D eigenvalue weighted by Gasteiger charge is -2.04. The van der Waals surface area contributed by atoms with E-state index in [-0.39, 0.29) is 11.5 Å². The summed E-state index contributed by atoms with van der Waals surface area (Å²) in [7, 11) is 0. The van der Waals surface area contributed by atoms with Gasteiger partial charge in [0.15, 0.2) is 0 Å². The van der Waals surface area contributed by atoms with Gasteiger partial charge in [-0.25, -0.2) is 0 Å². The third-order valence-electron chi connectivity index (χ3n) is 1.76. The highest BCUT2D eigenvalue weighted by molar-refractivity contribution is 5.86. The van der Waals surface area contributed by atoms with Crippen molar-refractivity contribution in [1.29, 1.82) is 0 Å². The summed E-state index contributed by atoms with van der Waals surface area (Å²) < 4.78 is 0. The van der Waals surface area contributed by atoms with Crippen LogP contribution < -0.4 is 0 Å². The zero-order valence-electron chi connectivity index (χ0n) is 9.94. The zero-order chi connectivity index (χ0) is 12.3. The topological polar surface area (TPSA) is 65.2 Å². The Morgan fingerprint density at radius 3 is 1.50 bits per heavy atom. The molecule has 0 unspecified atom stereocenters. The van der Waals surface area contributed by atoms with Crippen molar-refractivity contribution in [3.63, 3.8) is 0 Å². The van der Waals surface area contributed by atoms with Crippen LogP contribution in [0.15, 0.2) is 22.1 Å². The zero-order valence-corrected chi connectivity index (χ0v) is 9.94. The number of rotatable bonds is 2. The molecule has 0 saturated heterocycles. The largest absolute Gasteiger partial charge is 0.506 e. The normalized spacial score (nSPS) is 9.75. The maximum Gasteiger partial charge on any atom is 0.145 e. The quantitative estimate of drug-likeness (QED) is 0.751. The van der Waals surface area contributed by atoms with Gasteiger partial charge >= 0.3 is 0 Å². The van der Waals surface area contributed by atoms with E-state index in [4.69, 9.17) is 0 Å². The van der Waals surface area contributed by atoms with Crippen molar-refractivity contribution in [2.75, 3.05) is 0 Å². The Labute approximate surface area is 95.0 Å². The van der Waals surface area contributed by atoms with Crippen molar-refractivity contribution in [2.24, 2.45) is 9.98 Å². The highest BCUT2D eigenvalue weighted by atomic mass is 16.3. The smallest absolute Gasteiger partial charge is 0.145 e. The molecule has 4 heteroatoms. The number of nitrogens with zero attached hydrogens (tertiary/aromatic N) is 2. The second-order valence-electron chi connectivity index (χ2n) is 3.95. The average molecular weight is 220 g/mol. The summed E-state index contributed by atoms with van der Waals surface area (Å²) >= 11 is 0. The van der Waals surface area contributed by atoms with E-state index in [1.54, 1.807) is 6.07 Å². The third kappa shape index (κ3) is 3.08. The molecule has 86 valence electrons. The molecule has 4 nitrogen and oxygen atoms in total. The molecule has 0 spiro atoms. The lowest BCUT2D eigenvalue weighted by molar-refractivity contribution is 0.452. The molecular formula is C12H16N2O2. The van der Waals surface area contributed by atoms with E-state index >= 15 is 0 Å². The van der Waals surface area contributed by atoms with Crippen LogP contribution in [0.2, 0.25) is 0 Å². The molecule has 0 fully saturated rings. The average Bonchev–Trinajstić information content (AvgIpc) is 2.11. The van der Waals surface area contributed by atoms with Crippen LogP contribution in [0.25, 0.3) is 0 Å². The van der Waals surface area contributed by atoms with E-state index in [2.05, 4.69) is 9.98 Å². The number of hydrogen-bond donors (Lipinski definition) is 2. The predicted molar refractivity (Wildman–Crippen MR) is 66.7 cm³/mol. The van der Waals surface area contributed by atoms with Gasteiger partial charge < -0.3 is 10.2 Å². The van der Waals surface area contributed by atoms with Crippen molar-refractivity contribution < 1.29 is 10.2 Å². The Kier molecular flexibility index (Phi) is 3.66. The molecule has 0 atom stereocenters. The molecule has 1 rings (SSSR count). The molecular weight excluding hydrogens is 204 g/mol. The predicted octanol–water partition coefficient (Wildman–Crippen LogP) is 3.32. The number of benzene rings is 1. The Bertz CT molecular complexity index is 415. The van der Waals surface area contributed by atoms with Gasteiger partial charge in [0.1, 0.15) is 22.9 Å². The summed E-state index contributed by atoms with van der Waals surface area (Å²) in [5, 5.41) is 19.2. The maximum absolute atomic E-state index is 9.58. The Morgan fingerprint density at radius 2 is 1.19 bits per heavy atom. The van der Waals surface area contributed by atoms with Gasteiger partial charge in [-0.3, -0.25) is 9.98 Å². The molecule has 0 saturated carbocycles. The summed E-state index contributed by atoms with van der Waals surface area (Å²) in [6.45, 7) is 7.33. The Hall–Kier alpha value is -1.84. The van der Waals surface area contributed by atoms with Crippen molar-refractivity contribution in [3.8, 4) is 11.5 Å². The van der Waals surface area contributed by atoms with Crippen LogP contribution in [0.3, 0.4) is 0 Å². The van der Waals surface area contributed by atoms with Crippen LogP contribution in [-0.4, -0.2) is 21.6 Å². The molecule has 0 aliphatic rings. The van der Waals surface area contributed by atoms with Crippen LogP contribution in [0.1, 0.15) is 27.7 Å². The minimum Gasteiger partial charge on any atom is -0.506 e. The Balaban J connectivity index is 3.33.